The Labute approximate surface area is 202 Å². The molecule has 0 aliphatic rings. The van der Waals surface area contributed by atoms with Gasteiger partial charge in [-0.2, -0.15) is 0 Å². The van der Waals surface area contributed by atoms with E-state index in [-0.39, 0.29) is 51.2 Å². The van der Waals surface area contributed by atoms with Crippen LogP contribution in [-0.2, 0) is 38.7 Å². The fourth-order valence-electron chi connectivity index (χ4n) is 2.61. The molecular weight excluding hydrogens is 440 g/mol. The zero-order valence-electron chi connectivity index (χ0n) is 19.5. The number of ketones is 1. The highest BCUT2D eigenvalue weighted by molar-refractivity contribution is 5.97. The maximum atomic E-state index is 11.6. The Morgan fingerprint density at radius 1 is 0.676 bits per heavy atom. The predicted octanol–water partition coefficient (Wildman–Crippen LogP) is 3.23. The highest BCUT2D eigenvalue weighted by Gasteiger charge is 2.09. The van der Waals surface area contributed by atoms with Crippen molar-refractivity contribution < 1.29 is 39.2 Å². The molecule has 0 unspecified atom stereocenters. The van der Waals surface area contributed by atoms with E-state index in [2.05, 4.69) is 9.47 Å². The smallest absolute Gasteiger partial charge is 0.305 e. The second kappa shape index (κ2) is 20.5. The van der Waals surface area contributed by atoms with Crippen LogP contribution in [-0.4, -0.2) is 54.4 Å². The number of aryl methyl sites for hydroxylation is 1. The fraction of sp³-hybridized carbons (Fsp3) is 0.423. The SMILES string of the molecule is C.CO.COC(=O)CCC(=O)c1ccc(CO)cc1.COC(=O)CCCc1ccc(CO)cc1. The van der Waals surface area contributed by atoms with Gasteiger partial charge in [-0.3, -0.25) is 14.4 Å². The standard InChI is InChI=1S/C12H14O4.C12H16O3.CH4O.CH4/c1-16-12(15)7-6-11(14)10-4-2-9(8-13)3-5-10;1-15-12(14)4-2-3-10-5-7-11(9-13)8-6-10;1-2;/h2-5,13H,6-8H2,1H3;5-8,13H,2-4,9H2,1H3;2H,1H3;1H4. The molecule has 0 heterocycles. The Morgan fingerprint density at radius 2 is 1.09 bits per heavy atom. The van der Waals surface area contributed by atoms with Crippen LogP contribution in [0.15, 0.2) is 48.5 Å². The topological polar surface area (TPSA) is 130 Å². The molecule has 8 nitrogen and oxygen atoms in total. The van der Waals surface area contributed by atoms with E-state index in [1.807, 2.05) is 24.3 Å². The summed E-state index contributed by atoms with van der Waals surface area (Å²) in [5, 5.41) is 24.7. The first-order valence-corrected chi connectivity index (χ1v) is 10.4. The number of esters is 2. The number of methoxy groups -OCH3 is 2. The largest absolute Gasteiger partial charge is 0.469 e. The van der Waals surface area contributed by atoms with E-state index in [1.54, 1.807) is 24.3 Å². The minimum atomic E-state index is -0.389. The van der Waals surface area contributed by atoms with Crippen molar-refractivity contribution in [1.29, 1.82) is 0 Å². The third kappa shape index (κ3) is 14.2. The summed E-state index contributed by atoms with van der Waals surface area (Å²) in [6.45, 7) is 0.0269. The lowest BCUT2D eigenvalue weighted by Crippen LogP contribution is -2.06. The van der Waals surface area contributed by atoms with Crippen LogP contribution in [0.1, 0.15) is 60.2 Å². The van der Waals surface area contributed by atoms with Crippen LogP contribution in [0.4, 0.5) is 0 Å². The monoisotopic (exact) mass is 478 g/mol. The molecular formula is C26H38O8. The molecule has 190 valence electrons. The highest BCUT2D eigenvalue weighted by atomic mass is 16.5. The molecule has 0 fully saturated rings. The van der Waals surface area contributed by atoms with Crippen LogP contribution in [0, 0.1) is 0 Å². The molecule has 34 heavy (non-hydrogen) atoms. The third-order valence-corrected chi connectivity index (χ3v) is 4.52. The van der Waals surface area contributed by atoms with Gasteiger partial charge in [0.1, 0.15) is 0 Å². The molecule has 0 aliphatic heterocycles. The second-order valence-electron chi connectivity index (χ2n) is 6.76. The zero-order valence-corrected chi connectivity index (χ0v) is 19.5. The summed E-state index contributed by atoms with van der Waals surface area (Å²) in [5.41, 5.74) is 3.38. The molecule has 0 atom stereocenters. The molecule has 8 heteroatoms. The van der Waals surface area contributed by atoms with E-state index in [0.29, 0.717) is 12.0 Å². The van der Waals surface area contributed by atoms with E-state index < -0.39 is 0 Å². The molecule has 2 aromatic carbocycles. The van der Waals surface area contributed by atoms with Gasteiger partial charge in [0.15, 0.2) is 5.78 Å². The van der Waals surface area contributed by atoms with Gasteiger partial charge < -0.3 is 24.8 Å². The van der Waals surface area contributed by atoms with E-state index in [0.717, 1.165) is 31.1 Å². The van der Waals surface area contributed by atoms with Crippen LogP contribution >= 0.6 is 0 Å². The van der Waals surface area contributed by atoms with Crippen LogP contribution in [0.3, 0.4) is 0 Å². The van der Waals surface area contributed by atoms with E-state index in [9.17, 15) is 14.4 Å². The summed E-state index contributed by atoms with van der Waals surface area (Å²) < 4.78 is 9.00. The molecule has 2 rings (SSSR count). The number of Topliss-reactive ketones (excluding diaryl/α,β-unsaturated/α-hetero) is 1. The van der Waals surface area contributed by atoms with Crippen molar-refractivity contribution in [3.63, 3.8) is 0 Å². The first-order chi connectivity index (χ1) is 15.9. The van der Waals surface area contributed by atoms with Gasteiger partial charge in [-0.05, 0) is 29.5 Å². The normalized spacial score (nSPS) is 9.24. The van der Waals surface area contributed by atoms with Crippen molar-refractivity contribution >= 4 is 17.7 Å². The van der Waals surface area contributed by atoms with Crippen LogP contribution in [0.25, 0.3) is 0 Å². The number of benzene rings is 2. The van der Waals surface area contributed by atoms with Gasteiger partial charge in [0.2, 0.25) is 0 Å². The van der Waals surface area contributed by atoms with Gasteiger partial charge in [0, 0.05) is 25.5 Å². The number of rotatable bonds is 10. The zero-order chi connectivity index (χ0) is 25.1. The molecule has 0 amide bonds. The summed E-state index contributed by atoms with van der Waals surface area (Å²) in [5.74, 6) is -0.655. The van der Waals surface area contributed by atoms with Crippen LogP contribution in [0.2, 0.25) is 0 Å². The minimum Gasteiger partial charge on any atom is -0.469 e. The third-order valence-electron chi connectivity index (χ3n) is 4.52. The Morgan fingerprint density at radius 3 is 1.53 bits per heavy atom. The van der Waals surface area contributed by atoms with Crippen molar-refractivity contribution in [3.8, 4) is 0 Å². The lowest BCUT2D eigenvalue weighted by Gasteiger charge is -2.02. The van der Waals surface area contributed by atoms with Crippen LogP contribution in [0.5, 0.6) is 0 Å². The summed E-state index contributed by atoms with van der Waals surface area (Å²) in [6, 6.07) is 14.4. The predicted molar refractivity (Wildman–Crippen MR) is 130 cm³/mol. The lowest BCUT2D eigenvalue weighted by atomic mass is 10.1. The van der Waals surface area contributed by atoms with Crippen LogP contribution < -0.4 is 0 Å². The lowest BCUT2D eigenvalue weighted by molar-refractivity contribution is -0.141. The number of hydrogen-bond acceptors (Lipinski definition) is 8. The number of aliphatic hydroxyl groups is 3. The van der Waals surface area contributed by atoms with Gasteiger partial charge in [-0.1, -0.05) is 56.0 Å². The van der Waals surface area contributed by atoms with Crippen molar-refractivity contribution in [2.75, 3.05) is 21.3 Å². The van der Waals surface area contributed by atoms with Crippen molar-refractivity contribution in [2.24, 2.45) is 0 Å². The van der Waals surface area contributed by atoms with Gasteiger partial charge >= 0.3 is 11.9 Å². The second-order valence-corrected chi connectivity index (χ2v) is 6.76. The molecule has 0 bridgehead atoms. The quantitative estimate of drug-likeness (QED) is 0.350. The van der Waals surface area contributed by atoms with Gasteiger partial charge in [-0.25, -0.2) is 0 Å². The van der Waals surface area contributed by atoms with Gasteiger partial charge in [-0.15, -0.1) is 0 Å². The first kappa shape index (κ1) is 33.1. The number of carbonyl (C=O) groups excluding carboxylic acids is 3. The number of aliphatic hydroxyl groups excluding tert-OH is 3. The molecule has 0 spiro atoms. The number of carbonyl (C=O) groups is 3. The molecule has 0 saturated carbocycles. The number of ether oxygens (including phenoxy) is 2. The molecule has 0 saturated heterocycles. The fourth-order valence-corrected chi connectivity index (χ4v) is 2.61. The van der Waals surface area contributed by atoms with E-state index >= 15 is 0 Å². The summed E-state index contributed by atoms with van der Waals surface area (Å²) in [4.78, 5) is 33.3. The molecule has 2 aromatic rings. The van der Waals surface area contributed by atoms with Gasteiger partial charge in [0.25, 0.3) is 0 Å². The average Bonchev–Trinajstić information content (AvgIpc) is 2.88. The molecule has 0 aromatic heterocycles. The Hall–Kier alpha value is -3.07. The Bertz CT molecular complexity index is 814. The summed E-state index contributed by atoms with van der Waals surface area (Å²) in [6.07, 6.45) is 2.35. The Kier molecular flexibility index (Phi) is 20.0. The maximum absolute atomic E-state index is 11.6. The minimum absolute atomic E-state index is 0. The van der Waals surface area contributed by atoms with Crippen molar-refractivity contribution in [1.82, 2.24) is 0 Å². The van der Waals surface area contributed by atoms with Crippen molar-refractivity contribution in [3.05, 3.63) is 70.8 Å². The Balaban J connectivity index is 0. The average molecular weight is 479 g/mol. The van der Waals surface area contributed by atoms with E-state index in [4.69, 9.17) is 15.3 Å². The van der Waals surface area contributed by atoms with Crippen molar-refractivity contribution in [2.45, 2.75) is 52.7 Å². The molecule has 3 N–H and O–H groups in total. The number of hydrogen-bond donors (Lipinski definition) is 3. The molecule has 0 aliphatic carbocycles. The van der Waals surface area contributed by atoms with Gasteiger partial charge in [0.05, 0.1) is 33.9 Å². The molecule has 0 radical (unpaired) electrons. The maximum Gasteiger partial charge on any atom is 0.305 e. The summed E-state index contributed by atoms with van der Waals surface area (Å²) >= 11 is 0. The highest BCUT2D eigenvalue weighted by Crippen LogP contribution is 2.09. The first-order valence-electron chi connectivity index (χ1n) is 10.4. The summed E-state index contributed by atoms with van der Waals surface area (Å²) in [7, 11) is 3.70. The van der Waals surface area contributed by atoms with E-state index in [1.165, 1.54) is 19.8 Å².